The SMILES string of the molecule is CC(C)(c1ccnc(-c2[c-]ccc3c2oc2c(-c4ccccc4)cccc23)c1)C1CCCC1.CC(C)c1cc(-c2[c-]cccc2)ncc1[Si](C)(C)C.[Ir]. The minimum absolute atomic E-state index is 0. The number of hydrogen-bond acceptors (Lipinski definition) is 3. The molecule has 1 aliphatic rings. The summed E-state index contributed by atoms with van der Waals surface area (Å²) in [6.07, 6.45) is 9.38. The zero-order valence-corrected chi connectivity index (χ0v) is 35.5. The van der Waals surface area contributed by atoms with Gasteiger partial charge in [-0.3, -0.25) is 0 Å². The van der Waals surface area contributed by atoms with Gasteiger partial charge in [0.15, 0.2) is 0 Å². The minimum atomic E-state index is -1.34. The fourth-order valence-electron chi connectivity index (χ4n) is 7.93. The topological polar surface area (TPSA) is 38.9 Å². The standard InChI is InChI=1S/C31H28NO.C17H22NSi.Ir/c1-31(2,22-12-6-7-13-22)23-18-19-32-28(20-23)27-17-9-16-26-25-15-8-14-24(29(25)33-30(26)27)21-10-4-3-5-11-21;1-13(2)15-11-16(14-9-7-6-8-10-14)18-12-17(15)19(3,4)5;/h3-5,8-11,14-16,18-20,22H,6-7,12-13H2,1-2H3;6-9,11-13H,1-5H3;/q2*-1;. The van der Waals surface area contributed by atoms with Crippen molar-refractivity contribution in [2.75, 3.05) is 0 Å². The van der Waals surface area contributed by atoms with E-state index >= 15 is 0 Å². The first-order valence-electron chi connectivity index (χ1n) is 18.9. The van der Waals surface area contributed by atoms with Gasteiger partial charge in [0.1, 0.15) is 5.58 Å². The molecule has 1 saturated carbocycles. The van der Waals surface area contributed by atoms with Crippen LogP contribution >= 0.6 is 0 Å². The quantitative estimate of drug-likeness (QED) is 0.118. The molecule has 0 N–H and O–H groups in total. The van der Waals surface area contributed by atoms with Crippen LogP contribution in [0.5, 0.6) is 0 Å². The molecule has 0 amide bonds. The summed E-state index contributed by atoms with van der Waals surface area (Å²) in [4.78, 5) is 9.42. The number of pyridine rings is 2. The molecule has 3 heterocycles. The van der Waals surface area contributed by atoms with Gasteiger partial charge < -0.3 is 14.4 Å². The molecule has 0 aliphatic heterocycles. The summed E-state index contributed by atoms with van der Waals surface area (Å²) in [6.45, 7) is 16.4. The molecule has 53 heavy (non-hydrogen) atoms. The largest absolute Gasteiger partial charge is 0.500 e. The summed E-state index contributed by atoms with van der Waals surface area (Å²) >= 11 is 0. The van der Waals surface area contributed by atoms with Crippen molar-refractivity contribution in [1.29, 1.82) is 0 Å². The molecule has 4 aromatic carbocycles. The monoisotopic (exact) mass is 891 g/mol. The fraction of sp³-hybridized carbons (Fsp3) is 0.292. The number of furan rings is 1. The smallest absolute Gasteiger partial charge is 0.128 e. The first-order valence-corrected chi connectivity index (χ1v) is 22.4. The van der Waals surface area contributed by atoms with Crippen LogP contribution in [0.2, 0.25) is 19.6 Å². The van der Waals surface area contributed by atoms with Gasteiger partial charge in [-0.2, -0.15) is 0 Å². The van der Waals surface area contributed by atoms with Crippen LogP contribution in [0.15, 0.2) is 120 Å². The van der Waals surface area contributed by atoms with E-state index in [1.54, 1.807) is 0 Å². The van der Waals surface area contributed by atoms with Crippen LogP contribution in [0.1, 0.15) is 70.4 Å². The van der Waals surface area contributed by atoms with Crippen molar-refractivity contribution in [2.24, 2.45) is 5.92 Å². The molecule has 1 fully saturated rings. The summed E-state index contributed by atoms with van der Waals surface area (Å²) < 4.78 is 6.58. The van der Waals surface area contributed by atoms with Crippen LogP contribution in [-0.2, 0) is 25.5 Å². The van der Waals surface area contributed by atoms with E-state index in [2.05, 4.69) is 143 Å². The van der Waals surface area contributed by atoms with Crippen molar-refractivity contribution in [3.63, 3.8) is 0 Å². The molecule has 3 nitrogen and oxygen atoms in total. The first-order chi connectivity index (χ1) is 25.0. The number of hydrogen-bond donors (Lipinski definition) is 0. The van der Waals surface area contributed by atoms with Crippen LogP contribution in [0, 0.1) is 18.1 Å². The van der Waals surface area contributed by atoms with Crippen LogP contribution in [-0.4, -0.2) is 18.0 Å². The average molecular weight is 891 g/mol. The van der Waals surface area contributed by atoms with Crippen LogP contribution in [0.4, 0.5) is 0 Å². The molecule has 0 spiro atoms. The Labute approximate surface area is 330 Å². The Morgan fingerprint density at radius 3 is 2.19 bits per heavy atom. The van der Waals surface area contributed by atoms with Gasteiger partial charge >= 0.3 is 0 Å². The molecule has 0 saturated heterocycles. The molecular formula is C48H50IrN2OSi-2. The molecule has 5 heteroatoms. The van der Waals surface area contributed by atoms with E-state index in [9.17, 15) is 0 Å². The molecule has 0 atom stereocenters. The van der Waals surface area contributed by atoms with Gasteiger partial charge in [-0.15, -0.1) is 54.1 Å². The molecule has 3 aromatic heterocycles. The number of nitrogens with zero attached hydrogens (tertiary/aromatic N) is 2. The fourth-order valence-corrected chi connectivity index (χ4v) is 9.60. The van der Waals surface area contributed by atoms with Gasteiger partial charge in [0.25, 0.3) is 0 Å². The zero-order valence-electron chi connectivity index (χ0n) is 32.1. The predicted molar refractivity (Wildman–Crippen MR) is 222 cm³/mol. The molecule has 0 bridgehead atoms. The zero-order chi connectivity index (χ0) is 36.5. The van der Waals surface area contributed by atoms with E-state index in [0.29, 0.717) is 5.92 Å². The minimum Gasteiger partial charge on any atom is -0.500 e. The van der Waals surface area contributed by atoms with Crippen LogP contribution in [0.25, 0.3) is 55.6 Å². The maximum atomic E-state index is 6.58. The maximum Gasteiger partial charge on any atom is 0.128 e. The normalized spacial score (nSPS) is 13.6. The van der Waals surface area contributed by atoms with Crippen molar-refractivity contribution >= 4 is 35.2 Å². The molecule has 273 valence electrons. The van der Waals surface area contributed by atoms with E-state index in [1.165, 1.54) is 42.0 Å². The van der Waals surface area contributed by atoms with Gasteiger partial charge in [0.2, 0.25) is 0 Å². The van der Waals surface area contributed by atoms with Crippen molar-refractivity contribution < 1.29 is 24.5 Å². The maximum absolute atomic E-state index is 6.58. The first kappa shape index (κ1) is 38.6. The summed E-state index contributed by atoms with van der Waals surface area (Å²) in [5.74, 6) is 1.26. The van der Waals surface area contributed by atoms with E-state index < -0.39 is 8.07 Å². The van der Waals surface area contributed by atoms with Gasteiger partial charge in [0, 0.05) is 43.4 Å². The second-order valence-electron chi connectivity index (χ2n) is 16.2. The van der Waals surface area contributed by atoms with Crippen molar-refractivity contribution in [3.05, 3.63) is 139 Å². The average Bonchev–Trinajstić information content (AvgIpc) is 3.85. The van der Waals surface area contributed by atoms with Gasteiger partial charge in [-0.05, 0) is 63.9 Å². The van der Waals surface area contributed by atoms with Crippen molar-refractivity contribution in [2.45, 2.75) is 84.4 Å². The van der Waals surface area contributed by atoms with E-state index in [1.807, 2.05) is 36.5 Å². The van der Waals surface area contributed by atoms with Crippen LogP contribution < -0.4 is 5.19 Å². The molecular weight excluding hydrogens is 841 g/mol. The van der Waals surface area contributed by atoms with Crippen LogP contribution in [0.3, 0.4) is 0 Å². The van der Waals surface area contributed by atoms with Gasteiger partial charge in [0.05, 0.1) is 13.7 Å². The Morgan fingerprint density at radius 1 is 0.755 bits per heavy atom. The third-order valence-corrected chi connectivity index (χ3v) is 13.1. The van der Waals surface area contributed by atoms with E-state index in [-0.39, 0.29) is 25.5 Å². The summed E-state index contributed by atoms with van der Waals surface area (Å²) in [5.41, 5.74) is 11.0. The Hall–Kier alpha value is -4.15. The van der Waals surface area contributed by atoms with Gasteiger partial charge in [-0.25, -0.2) is 0 Å². The molecule has 0 unspecified atom stereocenters. The van der Waals surface area contributed by atoms with E-state index in [0.717, 1.165) is 61.5 Å². The van der Waals surface area contributed by atoms with Crippen molar-refractivity contribution in [1.82, 2.24) is 9.97 Å². The van der Waals surface area contributed by atoms with Crippen molar-refractivity contribution in [3.8, 4) is 33.6 Å². The third-order valence-electron chi connectivity index (χ3n) is 11.0. The second-order valence-corrected chi connectivity index (χ2v) is 21.3. The number of fused-ring (bicyclic) bond motifs is 3. The molecule has 1 aliphatic carbocycles. The Balaban J connectivity index is 0.000000206. The summed E-state index contributed by atoms with van der Waals surface area (Å²) in [7, 11) is -1.34. The number of aromatic nitrogens is 2. The second kappa shape index (κ2) is 16.1. The molecule has 7 aromatic rings. The number of rotatable bonds is 7. The molecule has 1 radical (unpaired) electrons. The number of benzene rings is 4. The summed E-state index contributed by atoms with van der Waals surface area (Å²) in [5, 5.41) is 3.71. The summed E-state index contributed by atoms with van der Waals surface area (Å²) in [6, 6.07) is 42.4. The number of para-hydroxylation sites is 1. The Bertz CT molecular complexity index is 2300. The third kappa shape index (κ3) is 8.04. The van der Waals surface area contributed by atoms with Gasteiger partial charge in [-0.1, -0.05) is 137 Å². The van der Waals surface area contributed by atoms with E-state index in [4.69, 9.17) is 9.40 Å². The molecule has 8 rings (SSSR count). The Kier molecular flexibility index (Phi) is 11.7. The Morgan fingerprint density at radius 2 is 1.49 bits per heavy atom. The predicted octanol–water partition coefficient (Wildman–Crippen LogP) is 12.8.